The smallest absolute Gasteiger partial charge is 0.0438 e. The SMILES string of the molecule is Cc1ccc(C(N)C2CC3CCC2C3)cc1Cl. The van der Waals surface area contributed by atoms with Gasteiger partial charge in [0.05, 0.1) is 0 Å². The molecular formula is C15H20ClN. The van der Waals surface area contributed by atoms with Crippen LogP contribution in [-0.4, -0.2) is 0 Å². The summed E-state index contributed by atoms with van der Waals surface area (Å²) in [5.41, 5.74) is 8.80. The van der Waals surface area contributed by atoms with Crippen molar-refractivity contribution in [2.24, 2.45) is 23.5 Å². The quantitative estimate of drug-likeness (QED) is 0.840. The normalized spacial score (nSPS) is 33.0. The summed E-state index contributed by atoms with van der Waals surface area (Å²) in [7, 11) is 0. The molecule has 4 atom stereocenters. The molecule has 4 unspecified atom stereocenters. The molecule has 0 spiro atoms. The van der Waals surface area contributed by atoms with Crippen molar-refractivity contribution in [2.45, 2.75) is 38.6 Å². The Labute approximate surface area is 108 Å². The van der Waals surface area contributed by atoms with Crippen molar-refractivity contribution in [2.75, 3.05) is 0 Å². The molecule has 0 heterocycles. The predicted molar refractivity (Wildman–Crippen MR) is 72.1 cm³/mol. The fourth-order valence-electron chi connectivity index (χ4n) is 3.80. The highest BCUT2D eigenvalue weighted by Crippen LogP contribution is 2.52. The summed E-state index contributed by atoms with van der Waals surface area (Å²) < 4.78 is 0. The summed E-state index contributed by atoms with van der Waals surface area (Å²) in [6, 6.07) is 6.49. The first-order valence-electron chi connectivity index (χ1n) is 6.67. The Bertz CT molecular complexity index is 429. The van der Waals surface area contributed by atoms with Crippen LogP contribution in [0.2, 0.25) is 5.02 Å². The summed E-state index contributed by atoms with van der Waals surface area (Å²) in [5, 5.41) is 0.848. The second kappa shape index (κ2) is 4.29. The number of benzene rings is 1. The van der Waals surface area contributed by atoms with Gasteiger partial charge in [-0.25, -0.2) is 0 Å². The highest BCUT2D eigenvalue weighted by atomic mass is 35.5. The van der Waals surface area contributed by atoms with Gasteiger partial charge in [0.25, 0.3) is 0 Å². The van der Waals surface area contributed by atoms with E-state index in [2.05, 4.69) is 18.2 Å². The zero-order valence-electron chi connectivity index (χ0n) is 10.3. The lowest BCUT2D eigenvalue weighted by atomic mass is 9.81. The minimum absolute atomic E-state index is 0.184. The van der Waals surface area contributed by atoms with E-state index in [1.807, 2.05) is 6.92 Å². The van der Waals surface area contributed by atoms with E-state index in [9.17, 15) is 0 Å². The van der Waals surface area contributed by atoms with Gasteiger partial charge < -0.3 is 5.73 Å². The third-order valence-electron chi connectivity index (χ3n) is 4.83. The molecular weight excluding hydrogens is 230 g/mol. The van der Waals surface area contributed by atoms with Crippen LogP contribution in [0.3, 0.4) is 0 Å². The maximum absolute atomic E-state index is 6.45. The Kier molecular flexibility index (Phi) is 2.92. The average molecular weight is 250 g/mol. The van der Waals surface area contributed by atoms with Crippen molar-refractivity contribution in [3.63, 3.8) is 0 Å². The molecule has 0 amide bonds. The van der Waals surface area contributed by atoms with Gasteiger partial charge in [-0.3, -0.25) is 0 Å². The summed E-state index contributed by atoms with van der Waals surface area (Å²) in [6.07, 6.45) is 5.57. The van der Waals surface area contributed by atoms with Gasteiger partial charge in [0.15, 0.2) is 0 Å². The summed E-state index contributed by atoms with van der Waals surface area (Å²) in [4.78, 5) is 0. The number of rotatable bonds is 2. The molecule has 1 aromatic rings. The zero-order chi connectivity index (χ0) is 12.0. The van der Waals surface area contributed by atoms with Crippen molar-refractivity contribution in [1.82, 2.24) is 0 Å². The number of hydrogen-bond donors (Lipinski definition) is 1. The van der Waals surface area contributed by atoms with Gasteiger partial charge in [-0.15, -0.1) is 0 Å². The van der Waals surface area contributed by atoms with Crippen molar-refractivity contribution in [3.8, 4) is 0 Å². The molecule has 3 rings (SSSR count). The average Bonchev–Trinajstić information content (AvgIpc) is 2.93. The van der Waals surface area contributed by atoms with Crippen LogP contribution in [-0.2, 0) is 0 Å². The fourth-order valence-corrected chi connectivity index (χ4v) is 3.99. The van der Waals surface area contributed by atoms with E-state index in [1.54, 1.807) is 0 Å². The van der Waals surface area contributed by atoms with Crippen molar-refractivity contribution < 1.29 is 0 Å². The van der Waals surface area contributed by atoms with E-state index in [0.717, 1.165) is 22.4 Å². The summed E-state index contributed by atoms with van der Waals surface area (Å²) in [5.74, 6) is 2.51. The van der Waals surface area contributed by atoms with Gasteiger partial charge in [0.1, 0.15) is 0 Å². The first-order valence-corrected chi connectivity index (χ1v) is 7.04. The van der Waals surface area contributed by atoms with Gasteiger partial charge in [-0.05, 0) is 61.1 Å². The Morgan fingerprint density at radius 1 is 1.29 bits per heavy atom. The van der Waals surface area contributed by atoms with Crippen molar-refractivity contribution in [3.05, 3.63) is 34.3 Å². The molecule has 2 N–H and O–H groups in total. The molecule has 2 heteroatoms. The topological polar surface area (TPSA) is 26.0 Å². The first-order chi connectivity index (χ1) is 8.15. The minimum Gasteiger partial charge on any atom is -0.324 e. The summed E-state index contributed by atoms with van der Waals surface area (Å²) in [6.45, 7) is 2.04. The Morgan fingerprint density at radius 2 is 2.12 bits per heavy atom. The molecule has 2 aliphatic carbocycles. The standard InChI is InChI=1S/C15H20ClN/c1-9-2-4-12(8-14(9)16)15(17)13-7-10-3-5-11(13)6-10/h2,4,8,10-11,13,15H,3,5-7,17H2,1H3. The highest BCUT2D eigenvalue weighted by molar-refractivity contribution is 6.31. The van der Waals surface area contributed by atoms with Crippen LogP contribution in [0.4, 0.5) is 0 Å². The van der Waals surface area contributed by atoms with Gasteiger partial charge >= 0.3 is 0 Å². The van der Waals surface area contributed by atoms with Crippen molar-refractivity contribution in [1.29, 1.82) is 0 Å². The van der Waals surface area contributed by atoms with Crippen LogP contribution in [0.1, 0.15) is 42.9 Å². The van der Waals surface area contributed by atoms with Gasteiger partial charge in [-0.2, -0.15) is 0 Å². The first kappa shape index (κ1) is 11.6. The largest absolute Gasteiger partial charge is 0.324 e. The molecule has 17 heavy (non-hydrogen) atoms. The lowest BCUT2D eigenvalue weighted by Gasteiger charge is -2.28. The van der Waals surface area contributed by atoms with E-state index in [4.69, 9.17) is 17.3 Å². The molecule has 0 radical (unpaired) electrons. The Balaban J connectivity index is 1.81. The number of hydrogen-bond acceptors (Lipinski definition) is 1. The van der Waals surface area contributed by atoms with Crippen LogP contribution >= 0.6 is 11.6 Å². The number of aryl methyl sites for hydroxylation is 1. The zero-order valence-corrected chi connectivity index (χ0v) is 11.1. The van der Waals surface area contributed by atoms with Crippen LogP contribution < -0.4 is 5.73 Å². The lowest BCUT2D eigenvalue weighted by Crippen LogP contribution is -2.25. The molecule has 92 valence electrons. The molecule has 1 nitrogen and oxygen atoms in total. The van der Waals surface area contributed by atoms with E-state index in [0.29, 0.717) is 5.92 Å². The highest BCUT2D eigenvalue weighted by Gasteiger charge is 2.42. The fraction of sp³-hybridized carbons (Fsp3) is 0.600. The minimum atomic E-state index is 0.184. The Morgan fingerprint density at radius 3 is 2.71 bits per heavy atom. The van der Waals surface area contributed by atoms with E-state index < -0.39 is 0 Å². The van der Waals surface area contributed by atoms with Crippen LogP contribution in [0.5, 0.6) is 0 Å². The molecule has 2 fully saturated rings. The third-order valence-corrected chi connectivity index (χ3v) is 5.24. The predicted octanol–water partition coefficient (Wildman–Crippen LogP) is 4.08. The maximum atomic E-state index is 6.45. The third kappa shape index (κ3) is 2.00. The number of nitrogens with two attached hydrogens (primary N) is 1. The van der Waals surface area contributed by atoms with Crippen LogP contribution in [0.15, 0.2) is 18.2 Å². The lowest BCUT2D eigenvalue weighted by molar-refractivity contribution is 0.284. The maximum Gasteiger partial charge on any atom is 0.0438 e. The van der Waals surface area contributed by atoms with Gasteiger partial charge in [-0.1, -0.05) is 30.2 Å². The second-order valence-corrected chi connectivity index (χ2v) is 6.28. The van der Waals surface area contributed by atoms with E-state index in [1.165, 1.54) is 31.2 Å². The molecule has 0 aliphatic heterocycles. The molecule has 0 saturated heterocycles. The summed E-state index contributed by atoms with van der Waals surface area (Å²) >= 11 is 6.19. The van der Waals surface area contributed by atoms with Crippen molar-refractivity contribution >= 4 is 11.6 Å². The van der Waals surface area contributed by atoms with Gasteiger partial charge in [0.2, 0.25) is 0 Å². The van der Waals surface area contributed by atoms with E-state index in [-0.39, 0.29) is 6.04 Å². The number of fused-ring (bicyclic) bond motifs is 2. The van der Waals surface area contributed by atoms with E-state index >= 15 is 0 Å². The van der Waals surface area contributed by atoms with Crippen LogP contribution in [0.25, 0.3) is 0 Å². The molecule has 2 aliphatic rings. The van der Waals surface area contributed by atoms with Gasteiger partial charge in [0, 0.05) is 11.1 Å². The van der Waals surface area contributed by atoms with Crippen LogP contribution in [0, 0.1) is 24.7 Å². The molecule has 0 aromatic heterocycles. The second-order valence-electron chi connectivity index (χ2n) is 5.87. The molecule has 2 bridgehead atoms. The number of halogens is 1. The monoisotopic (exact) mass is 249 g/mol. The Hall–Kier alpha value is -0.530. The molecule has 1 aromatic carbocycles. The molecule has 2 saturated carbocycles.